The summed E-state index contributed by atoms with van der Waals surface area (Å²) in [4.78, 5) is 0. The van der Waals surface area contributed by atoms with Crippen LogP contribution in [0.25, 0.3) is 0 Å². The van der Waals surface area contributed by atoms with Crippen molar-refractivity contribution in [2.24, 2.45) is 8.73 Å². The van der Waals surface area contributed by atoms with Gasteiger partial charge in [0.15, 0.2) is 5.82 Å². The average Bonchev–Trinajstić information content (AvgIpc) is 2.89. The SMILES string of the molecule is Nc1c(F)cc(F)cc1Nc1c(Cl)cc(Cl)c2c1N=S=N2. The van der Waals surface area contributed by atoms with Gasteiger partial charge in [0.05, 0.1) is 38.5 Å². The number of fused-ring (bicyclic) bond motifs is 1. The van der Waals surface area contributed by atoms with E-state index in [-0.39, 0.29) is 16.4 Å². The maximum absolute atomic E-state index is 13.5. The van der Waals surface area contributed by atoms with E-state index in [4.69, 9.17) is 28.9 Å². The molecule has 0 spiro atoms. The summed E-state index contributed by atoms with van der Waals surface area (Å²) < 4.78 is 34.9. The van der Waals surface area contributed by atoms with Crippen LogP contribution >= 0.6 is 23.2 Å². The van der Waals surface area contributed by atoms with Crippen LogP contribution < -0.4 is 11.1 Å². The Bertz CT molecular complexity index is 835. The molecule has 0 unspecified atom stereocenters. The van der Waals surface area contributed by atoms with Gasteiger partial charge in [-0.2, -0.15) is 8.73 Å². The number of halogens is 4. The van der Waals surface area contributed by atoms with E-state index in [0.29, 0.717) is 28.2 Å². The molecule has 0 atom stereocenters. The molecule has 0 bridgehead atoms. The van der Waals surface area contributed by atoms with E-state index in [1.165, 1.54) is 6.07 Å². The molecule has 0 aromatic heterocycles. The highest BCUT2D eigenvalue weighted by Gasteiger charge is 2.20. The minimum absolute atomic E-state index is 0.0472. The Kier molecular flexibility index (Phi) is 3.56. The molecule has 3 rings (SSSR count). The zero-order valence-electron chi connectivity index (χ0n) is 10.1. The van der Waals surface area contributed by atoms with Gasteiger partial charge in [0.25, 0.3) is 0 Å². The van der Waals surface area contributed by atoms with Crippen molar-refractivity contribution in [2.45, 2.75) is 0 Å². The van der Waals surface area contributed by atoms with Gasteiger partial charge in [0.1, 0.15) is 17.2 Å². The molecule has 0 fully saturated rings. The van der Waals surface area contributed by atoms with Crippen molar-refractivity contribution < 1.29 is 8.78 Å². The van der Waals surface area contributed by atoms with E-state index >= 15 is 0 Å². The van der Waals surface area contributed by atoms with Crippen LogP contribution in [0, 0.1) is 11.6 Å². The Labute approximate surface area is 131 Å². The van der Waals surface area contributed by atoms with E-state index in [0.717, 1.165) is 17.4 Å². The lowest BCUT2D eigenvalue weighted by Crippen LogP contribution is -2.01. The minimum Gasteiger partial charge on any atom is -0.395 e. The van der Waals surface area contributed by atoms with Crippen LogP contribution in [-0.2, 0) is 11.4 Å². The summed E-state index contributed by atoms with van der Waals surface area (Å²) >= 11 is 13.1. The fourth-order valence-corrected chi connectivity index (χ4v) is 2.98. The molecule has 1 aliphatic rings. The maximum atomic E-state index is 13.5. The highest BCUT2D eigenvalue weighted by atomic mass is 35.5. The van der Waals surface area contributed by atoms with Crippen molar-refractivity contribution in [1.29, 1.82) is 0 Å². The fourth-order valence-electron chi connectivity index (χ4n) is 1.82. The normalized spacial score (nSPS) is 12.2. The van der Waals surface area contributed by atoms with Gasteiger partial charge in [0.2, 0.25) is 0 Å². The molecule has 21 heavy (non-hydrogen) atoms. The molecule has 9 heteroatoms. The summed E-state index contributed by atoms with van der Waals surface area (Å²) in [7, 11) is 0. The van der Waals surface area contributed by atoms with Crippen LogP contribution in [-0.4, -0.2) is 0 Å². The van der Waals surface area contributed by atoms with Crippen molar-refractivity contribution in [2.75, 3.05) is 11.1 Å². The Morgan fingerprint density at radius 1 is 1.05 bits per heavy atom. The molecule has 0 saturated heterocycles. The molecule has 0 aliphatic carbocycles. The van der Waals surface area contributed by atoms with Gasteiger partial charge in [-0.25, -0.2) is 8.78 Å². The summed E-state index contributed by atoms with van der Waals surface area (Å²) in [6.45, 7) is 0. The summed E-state index contributed by atoms with van der Waals surface area (Å²) in [5.41, 5.74) is 6.60. The molecular formula is C12H6Cl2F2N4S. The van der Waals surface area contributed by atoms with Gasteiger partial charge in [-0.1, -0.05) is 23.2 Å². The Balaban J connectivity index is 2.12. The number of nitrogens with one attached hydrogen (secondary N) is 1. The first kappa shape index (κ1) is 14.2. The van der Waals surface area contributed by atoms with E-state index < -0.39 is 11.6 Å². The number of rotatable bonds is 2. The Hall–Kier alpha value is -1.70. The van der Waals surface area contributed by atoms with Gasteiger partial charge < -0.3 is 11.1 Å². The third-order valence-electron chi connectivity index (χ3n) is 2.80. The third-order valence-corrected chi connectivity index (χ3v) is 3.91. The van der Waals surface area contributed by atoms with Crippen molar-refractivity contribution in [3.05, 3.63) is 39.9 Å². The molecule has 4 nitrogen and oxygen atoms in total. The molecule has 3 N–H and O–H groups in total. The number of nitrogen functional groups attached to an aromatic ring is 1. The predicted molar refractivity (Wildman–Crippen MR) is 82.1 cm³/mol. The Morgan fingerprint density at radius 3 is 2.52 bits per heavy atom. The zero-order valence-corrected chi connectivity index (χ0v) is 12.5. The van der Waals surface area contributed by atoms with Gasteiger partial charge in [-0.3, -0.25) is 0 Å². The van der Waals surface area contributed by atoms with E-state index in [2.05, 4.69) is 14.0 Å². The van der Waals surface area contributed by atoms with Crippen LogP contribution in [0.4, 0.5) is 37.2 Å². The van der Waals surface area contributed by atoms with Crippen molar-refractivity contribution in [3.8, 4) is 0 Å². The molecule has 2 aromatic carbocycles. The number of hydrogen-bond acceptors (Lipinski definition) is 4. The van der Waals surface area contributed by atoms with Gasteiger partial charge >= 0.3 is 0 Å². The Morgan fingerprint density at radius 2 is 1.76 bits per heavy atom. The summed E-state index contributed by atoms with van der Waals surface area (Å²) in [6.07, 6.45) is 0. The first-order chi connectivity index (χ1) is 9.97. The smallest absolute Gasteiger partial charge is 0.151 e. The maximum Gasteiger partial charge on any atom is 0.151 e. The van der Waals surface area contributed by atoms with Crippen molar-refractivity contribution in [1.82, 2.24) is 0 Å². The monoisotopic (exact) mass is 346 g/mol. The quantitative estimate of drug-likeness (QED) is 0.616. The fraction of sp³-hybridized carbons (Fsp3) is 0. The van der Waals surface area contributed by atoms with Crippen LogP contribution in [0.2, 0.25) is 10.0 Å². The largest absolute Gasteiger partial charge is 0.395 e. The first-order valence-electron chi connectivity index (χ1n) is 5.59. The lowest BCUT2D eigenvalue weighted by Gasteiger charge is -2.14. The van der Waals surface area contributed by atoms with Crippen LogP contribution in [0.5, 0.6) is 0 Å². The molecule has 0 saturated carbocycles. The van der Waals surface area contributed by atoms with Gasteiger partial charge in [-0.05, 0) is 12.1 Å². The zero-order chi connectivity index (χ0) is 15.1. The standard InChI is InChI=1S/C12H6Cl2F2N4S/c13-5-3-6(14)11-12(20-21-19-11)10(5)18-8-2-4(15)1-7(16)9(8)17/h1-3,18H,17H2. The first-order valence-corrected chi connectivity index (χ1v) is 7.08. The molecule has 2 aromatic rings. The lowest BCUT2D eigenvalue weighted by molar-refractivity contribution is 0.587. The average molecular weight is 347 g/mol. The van der Waals surface area contributed by atoms with E-state index in [9.17, 15) is 8.78 Å². The molecule has 0 radical (unpaired) electrons. The number of nitrogens with two attached hydrogens (primary N) is 1. The molecule has 0 amide bonds. The summed E-state index contributed by atoms with van der Waals surface area (Å²) in [6, 6.07) is 3.24. The molecule has 108 valence electrons. The molecular weight excluding hydrogens is 341 g/mol. The van der Waals surface area contributed by atoms with Crippen LogP contribution in [0.15, 0.2) is 26.9 Å². The van der Waals surface area contributed by atoms with Crippen LogP contribution in [0.3, 0.4) is 0 Å². The van der Waals surface area contributed by atoms with E-state index in [1.807, 2.05) is 0 Å². The second-order valence-electron chi connectivity index (χ2n) is 4.15. The van der Waals surface area contributed by atoms with Gasteiger partial charge in [-0.15, -0.1) is 0 Å². The highest BCUT2D eigenvalue weighted by molar-refractivity contribution is 7.58. The summed E-state index contributed by atoms with van der Waals surface area (Å²) in [5.74, 6) is -1.63. The predicted octanol–water partition coefficient (Wildman–Crippen LogP) is 5.32. The highest BCUT2D eigenvalue weighted by Crippen LogP contribution is 2.48. The van der Waals surface area contributed by atoms with Crippen molar-refractivity contribution in [3.63, 3.8) is 0 Å². The second-order valence-corrected chi connectivity index (χ2v) is 5.49. The van der Waals surface area contributed by atoms with Gasteiger partial charge in [0, 0.05) is 6.07 Å². The minimum atomic E-state index is -0.866. The third kappa shape index (κ3) is 2.48. The van der Waals surface area contributed by atoms with Crippen LogP contribution in [0.1, 0.15) is 0 Å². The number of nitrogens with zero attached hydrogens (tertiary/aromatic N) is 2. The molecule has 1 heterocycles. The number of hydrogen-bond donors (Lipinski definition) is 2. The summed E-state index contributed by atoms with van der Waals surface area (Å²) in [5, 5.41) is 3.37. The second kappa shape index (κ2) is 5.25. The molecule has 1 aliphatic heterocycles. The van der Waals surface area contributed by atoms with Crippen molar-refractivity contribution >= 4 is 63.0 Å². The number of benzene rings is 2. The van der Waals surface area contributed by atoms with E-state index in [1.54, 1.807) is 0 Å². The topological polar surface area (TPSA) is 62.8 Å². The lowest BCUT2D eigenvalue weighted by atomic mass is 10.2. The number of anilines is 3.